The maximum atomic E-state index is 11.4. The summed E-state index contributed by atoms with van der Waals surface area (Å²) in [5, 5.41) is 5.71. The Morgan fingerprint density at radius 2 is 1.48 bits per heavy atom. The molecule has 3 N–H and O–H groups in total. The second-order valence-corrected chi connectivity index (χ2v) is 8.37. The summed E-state index contributed by atoms with van der Waals surface area (Å²) in [6.07, 6.45) is 1.14. The molecule has 0 amide bonds. The van der Waals surface area contributed by atoms with Gasteiger partial charge in [-0.15, -0.1) is 0 Å². The molecule has 136 valence electrons. The van der Waals surface area contributed by atoms with E-state index >= 15 is 0 Å². The van der Waals surface area contributed by atoms with E-state index in [9.17, 15) is 8.42 Å². The highest BCUT2D eigenvalue weighted by Gasteiger charge is 2.15. The van der Waals surface area contributed by atoms with Gasteiger partial charge in [-0.3, -0.25) is 4.72 Å². The molecule has 0 aliphatic heterocycles. The topological polar surface area (TPSA) is 72.3 Å². The van der Waals surface area contributed by atoms with Crippen LogP contribution in [0.2, 0.25) is 0 Å². The monoisotopic (exact) mass is 378 g/mol. The summed E-state index contributed by atoms with van der Waals surface area (Å²) in [4.78, 5) is 3.52. The number of hydrogen-bond donors (Lipinski definition) is 2. The van der Waals surface area contributed by atoms with Crippen LogP contribution in [-0.2, 0) is 10.0 Å². The van der Waals surface area contributed by atoms with Gasteiger partial charge < -0.3 is 5.32 Å². The summed E-state index contributed by atoms with van der Waals surface area (Å²) < 4.78 is 25.2. The third kappa shape index (κ3) is 3.57. The molecule has 0 unspecified atom stereocenters. The molecule has 27 heavy (non-hydrogen) atoms. The number of H-pyrrole nitrogens is 1. The van der Waals surface area contributed by atoms with Gasteiger partial charge in [-0.05, 0) is 43.3 Å². The lowest BCUT2D eigenvalue weighted by molar-refractivity contribution is -0.310. The molecule has 0 aliphatic carbocycles. The molecule has 1 aromatic heterocycles. The highest BCUT2D eigenvalue weighted by molar-refractivity contribution is 7.92. The number of benzene rings is 3. The number of aromatic nitrogens is 1. The molecule has 6 heteroatoms. The molecule has 0 saturated heterocycles. The normalized spacial score (nSPS) is 11.6. The van der Waals surface area contributed by atoms with Gasteiger partial charge in [0.1, 0.15) is 0 Å². The Morgan fingerprint density at radius 3 is 2.22 bits per heavy atom. The van der Waals surface area contributed by atoms with Crippen molar-refractivity contribution in [1.29, 1.82) is 0 Å². The van der Waals surface area contributed by atoms with E-state index in [0.717, 1.165) is 39.4 Å². The van der Waals surface area contributed by atoms with Gasteiger partial charge in [-0.1, -0.05) is 24.3 Å². The van der Waals surface area contributed by atoms with E-state index in [-0.39, 0.29) is 0 Å². The van der Waals surface area contributed by atoms with Crippen molar-refractivity contribution in [2.45, 2.75) is 6.92 Å². The third-order valence-corrected chi connectivity index (χ3v) is 5.06. The van der Waals surface area contributed by atoms with Gasteiger partial charge in [-0.2, -0.15) is 0 Å². The maximum absolute atomic E-state index is 11.4. The summed E-state index contributed by atoms with van der Waals surface area (Å²) in [6.45, 7) is 2.09. The number of aromatic amines is 1. The zero-order valence-corrected chi connectivity index (χ0v) is 15.9. The van der Waals surface area contributed by atoms with Crippen LogP contribution in [0.25, 0.3) is 21.8 Å². The van der Waals surface area contributed by atoms with Gasteiger partial charge in [-0.25, -0.2) is 13.4 Å². The molecule has 0 spiro atoms. The van der Waals surface area contributed by atoms with Crippen LogP contribution in [0.1, 0.15) is 5.56 Å². The van der Waals surface area contributed by atoms with Gasteiger partial charge >= 0.3 is 0 Å². The molecule has 0 bridgehead atoms. The summed E-state index contributed by atoms with van der Waals surface area (Å²) in [5.74, 6) is 0. The number of anilines is 3. The van der Waals surface area contributed by atoms with E-state index in [0.29, 0.717) is 5.69 Å². The van der Waals surface area contributed by atoms with E-state index < -0.39 is 10.0 Å². The van der Waals surface area contributed by atoms with Crippen molar-refractivity contribution in [1.82, 2.24) is 0 Å². The Kier molecular flexibility index (Phi) is 4.20. The van der Waals surface area contributed by atoms with Crippen molar-refractivity contribution in [2.75, 3.05) is 16.3 Å². The van der Waals surface area contributed by atoms with Crippen molar-refractivity contribution in [2.24, 2.45) is 0 Å². The summed E-state index contributed by atoms with van der Waals surface area (Å²) >= 11 is 0. The second kappa shape index (κ2) is 6.55. The van der Waals surface area contributed by atoms with Gasteiger partial charge in [0.2, 0.25) is 21.1 Å². The van der Waals surface area contributed by atoms with Crippen molar-refractivity contribution < 1.29 is 13.4 Å². The molecule has 3 aromatic carbocycles. The van der Waals surface area contributed by atoms with Crippen molar-refractivity contribution >= 4 is 48.9 Å². The van der Waals surface area contributed by atoms with Gasteiger partial charge in [0.25, 0.3) is 0 Å². The number of nitrogens with one attached hydrogen (secondary N) is 3. The van der Waals surface area contributed by atoms with Gasteiger partial charge in [0.15, 0.2) is 0 Å². The number of sulfonamides is 1. The Hall–Kier alpha value is -3.12. The van der Waals surface area contributed by atoms with E-state index in [1.54, 1.807) is 12.1 Å². The molecule has 0 saturated carbocycles. The molecule has 4 rings (SSSR count). The molecule has 4 aromatic rings. The number of aryl methyl sites for hydroxylation is 1. The zero-order chi connectivity index (χ0) is 19.0. The first-order chi connectivity index (χ1) is 12.9. The van der Waals surface area contributed by atoms with Crippen LogP contribution in [-0.4, -0.2) is 14.7 Å². The molecule has 0 radical (unpaired) electrons. The first-order valence-corrected chi connectivity index (χ1v) is 10.5. The molecule has 0 aliphatic rings. The minimum atomic E-state index is -3.29. The number of hydrogen-bond acceptors (Lipinski definition) is 3. The van der Waals surface area contributed by atoms with Crippen LogP contribution in [0.15, 0.2) is 66.7 Å². The number of rotatable bonds is 4. The lowest BCUT2D eigenvalue weighted by atomic mass is 10.0. The van der Waals surface area contributed by atoms with Crippen LogP contribution < -0.4 is 15.0 Å². The zero-order valence-electron chi connectivity index (χ0n) is 15.1. The summed E-state index contributed by atoms with van der Waals surface area (Å²) in [5.41, 5.74) is 5.76. The number of pyridine rings is 1. The first-order valence-electron chi connectivity index (χ1n) is 8.59. The van der Waals surface area contributed by atoms with Crippen molar-refractivity contribution in [3.8, 4) is 0 Å². The Balaban J connectivity index is 1.82. The SMILES string of the molecule is Cc1cccc2c(Nc3ccc(NS(C)(=O)=O)cc3)c3ccccc3[nH+]c12. The smallest absolute Gasteiger partial charge is 0.229 e. The third-order valence-electron chi connectivity index (χ3n) is 4.46. The van der Waals surface area contributed by atoms with Crippen LogP contribution in [0, 0.1) is 6.92 Å². The quantitative estimate of drug-likeness (QED) is 0.522. The Morgan fingerprint density at radius 1 is 0.815 bits per heavy atom. The summed E-state index contributed by atoms with van der Waals surface area (Å²) in [6, 6.07) is 21.6. The maximum Gasteiger partial charge on any atom is 0.229 e. The Bertz CT molecular complexity index is 1250. The van der Waals surface area contributed by atoms with E-state index in [2.05, 4.69) is 46.2 Å². The fourth-order valence-electron chi connectivity index (χ4n) is 3.25. The van der Waals surface area contributed by atoms with E-state index in [1.165, 1.54) is 5.56 Å². The molecule has 5 nitrogen and oxygen atoms in total. The average molecular weight is 378 g/mol. The van der Waals surface area contributed by atoms with Crippen LogP contribution in [0.4, 0.5) is 17.1 Å². The van der Waals surface area contributed by atoms with Crippen molar-refractivity contribution in [3.05, 3.63) is 72.3 Å². The van der Waals surface area contributed by atoms with Crippen LogP contribution in [0.3, 0.4) is 0 Å². The molecular weight excluding hydrogens is 358 g/mol. The van der Waals surface area contributed by atoms with Crippen LogP contribution >= 0.6 is 0 Å². The molecular formula is C21H20N3O2S+. The van der Waals surface area contributed by atoms with E-state index in [1.807, 2.05) is 30.3 Å². The van der Waals surface area contributed by atoms with Crippen LogP contribution in [0.5, 0.6) is 0 Å². The van der Waals surface area contributed by atoms with E-state index in [4.69, 9.17) is 0 Å². The standard InChI is InChI=1S/C21H19N3O2S/c1-14-6-5-8-18-20(14)23-19-9-4-3-7-17(19)21(18)22-15-10-12-16(13-11-15)24-27(2,25)26/h3-13,24H,1-2H3,(H,22,23)/p+1. The largest absolute Gasteiger partial charge is 0.354 e. The predicted octanol–water partition coefficient (Wildman–Crippen LogP) is 4.23. The number of fused-ring (bicyclic) bond motifs is 2. The first kappa shape index (κ1) is 17.3. The molecule has 0 fully saturated rings. The predicted molar refractivity (Wildman–Crippen MR) is 111 cm³/mol. The molecule has 0 atom stereocenters. The van der Waals surface area contributed by atoms with Crippen molar-refractivity contribution in [3.63, 3.8) is 0 Å². The fourth-order valence-corrected chi connectivity index (χ4v) is 3.81. The van der Waals surface area contributed by atoms with Gasteiger partial charge in [0, 0.05) is 23.0 Å². The lowest BCUT2D eigenvalue weighted by Gasteiger charge is -2.12. The average Bonchev–Trinajstić information content (AvgIpc) is 2.63. The second-order valence-electron chi connectivity index (χ2n) is 6.62. The highest BCUT2D eigenvalue weighted by Crippen LogP contribution is 2.32. The highest BCUT2D eigenvalue weighted by atomic mass is 32.2. The summed E-state index contributed by atoms with van der Waals surface area (Å²) in [7, 11) is -3.29. The minimum absolute atomic E-state index is 0.537. The lowest BCUT2D eigenvalue weighted by Crippen LogP contribution is -2.10. The fraction of sp³-hybridized carbons (Fsp3) is 0.0952. The molecule has 1 heterocycles. The van der Waals surface area contributed by atoms with Gasteiger partial charge in [0.05, 0.1) is 22.7 Å². The Labute approximate surface area is 158 Å². The number of para-hydroxylation sites is 2. The minimum Gasteiger partial charge on any atom is -0.354 e.